The van der Waals surface area contributed by atoms with E-state index < -0.39 is 10.8 Å². The van der Waals surface area contributed by atoms with Gasteiger partial charge in [0.2, 0.25) is 0 Å². The average molecular weight is 690 g/mol. The highest BCUT2D eigenvalue weighted by Crippen LogP contribution is 2.43. The van der Waals surface area contributed by atoms with E-state index in [0.717, 1.165) is 88.2 Å². The van der Waals surface area contributed by atoms with E-state index in [1.54, 1.807) is 0 Å². The smallest absolute Gasteiger partial charge is 0.164 e. The molecule has 6 aromatic carbocycles. The Bertz CT molecular complexity index is 2820. The fourth-order valence-electron chi connectivity index (χ4n) is 7.27. The molecule has 2 aromatic heterocycles. The summed E-state index contributed by atoms with van der Waals surface area (Å²) in [5.41, 5.74) is 11.0. The van der Waals surface area contributed by atoms with Gasteiger partial charge in [-0.1, -0.05) is 104 Å². The predicted octanol–water partition coefficient (Wildman–Crippen LogP) is 11.6. The first-order valence-corrected chi connectivity index (χ1v) is 18.6. The number of fused-ring (bicyclic) bond motifs is 6. The van der Waals surface area contributed by atoms with Crippen LogP contribution in [0.15, 0.2) is 166 Å². The molecular formula is C46H31N3O2S. The van der Waals surface area contributed by atoms with Gasteiger partial charge in [0.1, 0.15) is 11.2 Å². The zero-order valence-corrected chi connectivity index (χ0v) is 29.1. The molecule has 0 N–H and O–H groups in total. The third-order valence-corrected chi connectivity index (χ3v) is 11.6. The average Bonchev–Trinajstić information content (AvgIpc) is 3.72. The number of hydrogen-bond donors (Lipinski definition) is 0. The van der Waals surface area contributed by atoms with Crippen LogP contribution in [0.3, 0.4) is 0 Å². The van der Waals surface area contributed by atoms with Crippen LogP contribution in [0.4, 0.5) is 0 Å². The second kappa shape index (κ2) is 12.2. The van der Waals surface area contributed by atoms with Crippen molar-refractivity contribution in [2.75, 3.05) is 0 Å². The standard InChI is InChI=1S/C46H31N3O2S/c1-28-14-16-30(17-15-28)45-47-44(29-8-3-2-4-9-29)48-46(49-45)35-19-22-41-38(27-35)37-25-33(18-21-40(37)51-41)31-10-7-11-32(24-31)34-20-23-43-39(26-34)36-12-5-6-13-42(36)52(43)50/h2-14,16-28H,15H2,1H3. The van der Waals surface area contributed by atoms with Gasteiger partial charge in [-0.2, -0.15) is 0 Å². The Kier molecular flexibility index (Phi) is 7.18. The molecule has 10 rings (SSSR count). The Morgan fingerprint density at radius 2 is 1.15 bits per heavy atom. The number of benzene rings is 6. The summed E-state index contributed by atoms with van der Waals surface area (Å²) in [5, 5.41) is 2.03. The fraction of sp³-hybridized carbons (Fsp3) is 0.0652. The molecule has 0 amide bonds. The third kappa shape index (κ3) is 5.22. The highest BCUT2D eigenvalue weighted by molar-refractivity contribution is 7.85. The van der Waals surface area contributed by atoms with E-state index in [9.17, 15) is 4.21 Å². The van der Waals surface area contributed by atoms with Gasteiger partial charge in [-0.05, 0) is 94.8 Å². The minimum absolute atomic E-state index is 0.493. The predicted molar refractivity (Wildman–Crippen MR) is 210 cm³/mol. The Morgan fingerprint density at radius 1 is 0.558 bits per heavy atom. The summed E-state index contributed by atoms with van der Waals surface area (Å²) in [5.74, 6) is 2.44. The number of nitrogens with zero attached hydrogens (tertiary/aromatic N) is 3. The summed E-state index contributed by atoms with van der Waals surface area (Å²) in [6, 6.07) is 45.4. The Morgan fingerprint density at radius 3 is 1.92 bits per heavy atom. The molecular weight excluding hydrogens is 659 g/mol. The lowest BCUT2D eigenvalue weighted by Gasteiger charge is -2.13. The van der Waals surface area contributed by atoms with Crippen molar-refractivity contribution >= 4 is 38.3 Å². The van der Waals surface area contributed by atoms with Crippen molar-refractivity contribution in [2.24, 2.45) is 5.92 Å². The maximum Gasteiger partial charge on any atom is 0.164 e. The maximum absolute atomic E-state index is 13.1. The molecule has 2 unspecified atom stereocenters. The molecule has 1 aliphatic carbocycles. The molecule has 2 atom stereocenters. The van der Waals surface area contributed by atoms with Crippen molar-refractivity contribution in [3.05, 3.63) is 158 Å². The normalized spacial score (nSPS) is 16.2. The van der Waals surface area contributed by atoms with Crippen molar-refractivity contribution in [1.29, 1.82) is 0 Å². The summed E-state index contributed by atoms with van der Waals surface area (Å²) in [4.78, 5) is 16.6. The first-order valence-electron chi connectivity index (χ1n) is 17.5. The number of allylic oxidation sites excluding steroid dienone is 4. The van der Waals surface area contributed by atoms with Crippen LogP contribution in [-0.2, 0) is 10.8 Å². The summed E-state index contributed by atoms with van der Waals surface area (Å²) in [7, 11) is -1.15. The number of furan rings is 1. The van der Waals surface area contributed by atoms with E-state index >= 15 is 0 Å². The van der Waals surface area contributed by atoms with Crippen molar-refractivity contribution in [2.45, 2.75) is 23.1 Å². The molecule has 3 heterocycles. The molecule has 5 nitrogen and oxygen atoms in total. The lowest BCUT2D eigenvalue weighted by atomic mass is 9.95. The number of rotatable bonds is 5. The van der Waals surface area contributed by atoms with Crippen LogP contribution in [0.25, 0.3) is 83.7 Å². The second-order valence-corrected chi connectivity index (χ2v) is 14.9. The van der Waals surface area contributed by atoms with Crippen molar-refractivity contribution in [1.82, 2.24) is 15.0 Å². The lowest BCUT2D eigenvalue weighted by Crippen LogP contribution is -2.04. The van der Waals surface area contributed by atoms with Crippen LogP contribution in [0.1, 0.15) is 19.2 Å². The first kappa shape index (κ1) is 30.6. The summed E-state index contributed by atoms with van der Waals surface area (Å²) >= 11 is 0. The summed E-state index contributed by atoms with van der Waals surface area (Å²) in [6.07, 6.45) is 7.51. The Labute approximate surface area is 303 Å². The Hall–Kier alpha value is -6.24. The third-order valence-electron chi connectivity index (χ3n) is 10.1. The quantitative estimate of drug-likeness (QED) is 0.180. The van der Waals surface area contributed by atoms with Crippen LogP contribution in [0, 0.1) is 5.92 Å². The van der Waals surface area contributed by atoms with E-state index in [0.29, 0.717) is 23.4 Å². The van der Waals surface area contributed by atoms with E-state index in [-0.39, 0.29) is 0 Å². The number of aromatic nitrogens is 3. The largest absolute Gasteiger partial charge is 0.456 e. The highest BCUT2D eigenvalue weighted by Gasteiger charge is 2.25. The topological polar surface area (TPSA) is 68.9 Å². The van der Waals surface area contributed by atoms with E-state index in [1.165, 1.54) is 0 Å². The van der Waals surface area contributed by atoms with Gasteiger partial charge in [0.05, 0.1) is 20.6 Å². The van der Waals surface area contributed by atoms with Crippen molar-refractivity contribution in [3.8, 4) is 56.2 Å². The number of hydrogen-bond acceptors (Lipinski definition) is 5. The molecule has 0 saturated carbocycles. The van der Waals surface area contributed by atoms with Gasteiger partial charge in [-0.15, -0.1) is 0 Å². The molecule has 8 aromatic rings. The molecule has 1 aliphatic heterocycles. The minimum Gasteiger partial charge on any atom is -0.456 e. The maximum atomic E-state index is 13.1. The molecule has 0 fully saturated rings. The second-order valence-electron chi connectivity index (χ2n) is 13.5. The monoisotopic (exact) mass is 689 g/mol. The molecule has 0 saturated heterocycles. The van der Waals surface area contributed by atoms with Gasteiger partial charge < -0.3 is 4.42 Å². The zero-order valence-electron chi connectivity index (χ0n) is 28.3. The van der Waals surface area contributed by atoms with E-state index in [4.69, 9.17) is 19.4 Å². The van der Waals surface area contributed by atoms with Crippen LogP contribution in [0.5, 0.6) is 0 Å². The SMILES string of the molecule is CC1C=CC(c2nc(-c3ccccc3)nc(-c3ccc4oc5ccc(-c6cccc(-c7ccc8c(c7)-c7ccccc7S8=O)c6)cc5c4c3)n2)=CC1. The van der Waals surface area contributed by atoms with Crippen LogP contribution in [0.2, 0.25) is 0 Å². The summed E-state index contributed by atoms with van der Waals surface area (Å²) < 4.78 is 19.4. The zero-order chi connectivity index (χ0) is 34.8. The van der Waals surface area contributed by atoms with Gasteiger partial charge in [-0.3, -0.25) is 0 Å². The van der Waals surface area contributed by atoms with Crippen LogP contribution in [-0.4, -0.2) is 19.2 Å². The van der Waals surface area contributed by atoms with Gasteiger partial charge in [0, 0.05) is 33.0 Å². The van der Waals surface area contributed by atoms with Gasteiger partial charge in [0.15, 0.2) is 17.5 Å². The Balaban J connectivity index is 1.05. The van der Waals surface area contributed by atoms with Crippen LogP contribution >= 0.6 is 0 Å². The summed E-state index contributed by atoms with van der Waals surface area (Å²) in [6.45, 7) is 2.21. The highest BCUT2D eigenvalue weighted by atomic mass is 32.2. The molecule has 2 aliphatic rings. The molecule has 0 radical (unpaired) electrons. The molecule has 52 heavy (non-hydrogen) atoms. The van der Waals surface area contributed by atoms with E-state index in [1.807, 2.05) is 66.7 Å². The first-order chi connectivity index (χ1) is 25.6. The van der Waals surface area contributed by atoms with Crippen LogP contribution < -0.4 is 0 Å². The van der Waals surface area contributed by atoms with Gasteiger partial charge in [-0.25, -0.2) is 19.2 Å². The van der Waals surface area contributed by atoms with Crippen molar-refractivity contribution in [3.63, 3.8) is 0 Å². The van der Waals surface area contributed by atoms with Crippen molar-refractivity contribution < 1.29 is 8.63 Å². The van der Waals surface area contributed by atoms with Gasteiger partial charge in [0.25, 0.3) is 0 Å². The molecule has 248 valence electrons. The fourth-order valence-corrected chi connectivity index (χ4v) is 8.65. The lowest BCUT2D eigenvalue weighted by molar-refractivity contribution is 0.669. The minimum atomic E-state index is -1.15. The molecule has 0 bridgehead atoms. The molecule has 6 heteroatoms. The van der Waals surface area contributed by atoms with E-state index in [2.05, 4.69) is 91.9 Å². The molecule has 0 spiro atoms. The van der Waals surface area contributed by atoms with Gasteiger partial charge >= 0.3 is 0 Å².